The second-order valence-corrected chi connectivity index (χ2v) is 5.54. The maximum Gasteiger partial charge on any atom is 0.320 e. The largest absolute Gasteiger partial charge is 0.480 e. The van der Waals surface area contributed by atoms with Crippen LogP contribution in [0.2, 0.25) is 0 Å². The van der Waals surface area contributed by atoms with Gasteiger partial charge in [-0.15, -0.1) is 6.58 Å². The number of nitrogens with zero attached hydrogens (tertiary/aromatic N) is 1. The number of carbonyl (C=O) groups excluding carboxylic acids is 1. The average molecular weight is 303 g/mol. The van der Waals surface area contributed by atoms with Gasteiger partial charge in [0.1, 0.15) is 6.04 Å². The molecule has 0 bridgehead atoms. The fourth-order valence-corrected chi connectivity index (χ4v) is 3.01. The monoisotopic (exact) mass is 303 g/mol. The summed E-state index contributed by atoms with van der Waals surface area (Å²) in [5.41, 5.74) is 1.05. The van der Waals surface area contributed by atoms with Gasteiger partial charge in [0.05, 0.1) is 6.61 Å². The van der Waals surface area contributed by atoms with Crippen molar-refractivity contribution in [1.82, 2.24) is 4.90 Å². The highest BCUT2D eigenvalue weighted by molar-refractivity contribution is 5.74. The molecule has 5 heteroatoms. The van der Waals surface area contributed by atoms with Crippen LogP contribution in [-0.2, 0) is 20.9 Å². The molecule has 1 saturated heterocycles. The lowest BCUT2D eigenvalue weighted by atomic mass is 10.00. The minimum atomic E-state index is -0.854. The van der Waals surface area contributed by atoms with Crippen molar-refractivity contribution in [2.45, 2.75) is 32.0 Å². The van der Waals surface area contributed by atoms with Gasteiger partial charge in [0.2, 0.25) is 0 Å². The Morgan fingerprint density at radius 2 is 2.09 bits per heavy atom. The van der Waals surface area contributed by atoms with E-state index in [-0.39, 0.29) is 24.5 Å². The summed E-state index contributed by atoms with van der Waals surface area (Å²) in [6, 6.07) is 9.01. The van der Waals surface area contributed by atoms with Crippen molar-refractivity contribution < 1.29 is 19.4 Å². The lowest BCUT2D eigenvalue weighted by Gasteiger charge is -2.27. The lowest BCUT2D eigenvalue weighted by molar-refractivity contribution is -0.143. The number of hydrogen-bond donors (Lipinski definition) is 1. The molecule has 0 aliphatic carbocycles. The number of carboxylic acids is 1. The van der Waals surface area contributed by atoms with E-state index >= 15 is 0 Å². The molecule has 1 aromatic carbocycles. The first-order valence-electron chi connectivity index (χ1n) is 7.31. The van der Waals surface area contributed by atoms with Gasteiger partial charge in [0, 0.05) is 25.4 Å². The third kappa shape index (κ3) is 3.74. The quantitative estimate of drug-likeness (QED) is 0.644. The van der Waals surface area contributed by atoms with Gasteiger partial charge in [-0.25, -0.2) is 0 Å². The summed E-state index contributed by atoms with van der Waals surface area (Å²) >= 11 is 0. The highest BCUT2D eigenvalue weighted by Gasteiger charge is 2.43. The number of rotatable bonds is 6. The van der Waals surface area contributed by atoms with E-state index in [0.29, 0.717) is 13.0 Å². The number of esters is 1. The molecule has 1 heterocycles. The van der Waals surface area contributed by atoms with Gasteiger partial charge >= 0.3 is 11.9 Å². The number of likely N-dealkylation sites (tertiary alicyclic amines) is 1. The van der Waals surface area contributed by atoms with Gasteiger partial charge in [-0.1, -0.05) is 36.4 Å². The first kappa shape index (κ1) is 16.2. The van der Waals surface area contributed by atoms with Crippen LogP contribution < -0.4 is 0 Å². The van der Waals surface area contributed by atoms with Crippen molar-refractivity contribution in [3.05, 3.63) is 48.6 Å². The Hall–Kier alpha value is -2.14. The zero-order valence-electron chi connectivity index (χ0n) is 12.6. The molecule has 0 amide bonds. The van der Waals surface area contributed by atoms with E-state index < -0.39 is 12.0 Å². The normalized spacial score (nSPS) is 24.9. The van der Waals surface area contributed by atoms with Gasteiger partial charge in [-0.3, -0.25) is 14.5 Å². The smallest absolute Gasteiger partial charge is 0.320 e. The summed E-state index contributed by atoms with van der Waals surface area (Å²) in [5, 5.41) is 9.49. The number of hydrogen-bond acceptors (Lipinski definition) is 4. The van der Waals surface area contributed by atoms with Crippen molar-refractivity contribution in [3.63, 3.8) is 0 Å². The van der Waals surface area contributed by atoms with Crippen molar-refractivity contribution >= 4 is 11.9 Å². The minimum Gasteiger partial charge on any atom is -0.480 e. The van der Waals surface area contributed by atoms with E-state index in [4.69, 9.17) is 4.74 Å². The fourth-order valence-electron chi connectivity index (χ4n) is 3.01. The van der Waals surface area contributed by atoms with E-state index in [2.05, 4.69) is 6.58 Å². The zero-order chi connectivity index (χ0) is 16.1. The molecule has 118 valence electrons. The number of aliphatic carboxylic acids is 1. The SMILES string of the molecule is C=C[C@@H]1[C@H](COC(C)=O)C[C@H](C(=O)O)N1Cc1ccccc1. The Bertz CT molecular complexity index is 543. The average Bonchev–Trinajstić information content (AvgIpc) is 2.84. The molecule has 0 saturated carbocycles. The summed E-state index contributed by atoms with van der Waals surface area (Å²) in [4.78, 5) is 24.5. The number of benzene rings is 1. The highest BCUT2D eigenvalue weighted by atomic mass is 16.5. The molecule has 0 radical (unpaired) electrons. The maximum atomic E-state index is 11.6. The summed E-state index contributed by atoms with van der Waals surface area (Å²) in [7, 11) is 0. The Morgan fingerprint density at radius 1 is 1.41 bits per heavy atom. The second kappa shape index (κ2) is 7.22. The van der Waals surface area contributed by atoms with Crippen molar-refractivity contribution in [2.24, 2.45) is 5.92 Å². The van der Waals surface area contributed by atoms with Crippen LogP contribution in [0.15, 0.2) is 43.0 Å². The molecule has 3 atom stereocenters. The molecule has 22 heavy (non-hydrogen) atoms. The van der Waals surface area contributed by atoms with Crippen LogP contribution in [0, 0.1) is 5.92 Å². The van der Waals surface area contributed by atoms with Crippen LogP contribution in [-0.4, -0.2) is 40.6 Å². The van der Waals surface area contributed by atoms with Gasteiger partial charge in [0.25, 0.3) is 0 Å². The fraction of sp³-hybridized carbons (Fsp3) is 0.412. The topological polar surface area (TPSA) is 66.8 Å². The molecular formula is C17H21NO4. The van der Waals surface area contributed by atoms with Crippen molar-refractivity contribution in [2.75, 3.05) is 6.61 Å². The van der Waals surface area contributed by atoms with Crippen molar-refractivity contribution in [1.29, 1.82) is 0 Å². The highest BCUT2D eigenvalue weighted by Crippen LogP contribution is 2.32. The third-order valence-corrected chi connectivity index (χ3v) is 4.03. The molecule has 0 aromatic heterocycles. The number of carbonyl (C=O) groups is 2. The molecule has 2 rings (SSSR count). The summed E-state index contributed by atoms with van der Waals surface area (Å²) in [5.74, 6) is -1.25. The minimum absolute atomic E-state index is 0.0498. The van der Waals surface area contributed by atoms with Gasteiger partial charge in [0.15, 0.2) is 0 Å². The van der Waals surface area contributed by atoms with Crippen LogP contribution in [0.25, 0.3) is 0 Å². The Balaban J connectivity index is 2.17. The third-order valence-electron chi connectivity index (χ3n) is 4.03. The lowest BCUT2D eigenvalue weighted by Crippen LogP contribution is -2.40. The molecule has 5 nitrogen and oxygen atoms in total. The van der Waals surface area contributed by atoms with E-state index in [1.165, 1.54) is 6.92 Å². The Morgan fingerprint density at radius 3 is 2.64 bits per heavy atom. The van der Waals surface area contributed by atoms with Gasteiger partial charge in [-0.05, 0) is 12.0 Å². The predicted octanol–water partition coefficient (Wildman–Crippen LogP) is 2.08. The first-order chi connectivity index (χ1) is 10.5. The molecule has 1 aliphatic heterocycles. The molecule has 1 aromatic rings. The van der Waals surface area contributed by atoms with E-state index in [1.54, 1.807) is 6.08 Å². The van der Waals surface area contributed by atoms with Crippen LogP contribution >= 0.6 is 0 Å². The van der Waals surface area contributed by atoms with E-state index in [9.17, 15) is 14.7 Å². The Kier molecular flexibility index (Phi) is 5.33. The van der Waals surface area contributed by atoms with E-state index in [1.807, 2.05) is 35.2 Å². The van der Waals surface area contributed by atoms with Gasteiger partial charge in [-0.2, -0.15) is 0 Å². The van der Waals surface area contributed by atoms with Crippen molar-refractivity contribution in [3.8, 4) is 0 Å². The zero-order valence-corrected chi connectivity index (χ0v) is 12.6. The Labute approximate surface area is 130 Å². The summed E-state index contributed by atoms with van der Waals surface area (Å²) in [6.45, 7) is 5.94. The molecule has 1 N–H and O–H groups in total. The predicted molar refractivity (Wildman–Crippen MR) is 82.1 cm³/mol. The van der Waals surface area contributed by atoms with Crippen LogP contribution in [0.3, 0.4) is 0 Å². The van der Waals surface area contributed by atoms with E-state index in [0.717, 1.165) is 5.56 Å². The molecular weight excluding hydrogens is 282 g/mol. The van der Waals surface area contributed by atoms with Gasteiger partial charge < -0.3 is 9.84 Å². The van der Waals surface area contributed by atoms with Crippen LogP contribution in [0.4, 0.5) is 0 Å². The standard InChI is InChI=1S/C17H21NO4/c1-3-15-14(11-22-12(2)19)9-16(17(20)21)18(15)10-13-7-5-4-6-8-13/h3-8,14-16H,1,9-11H2,2H3,(H,20,21)/t14-,15+,16+/m0/s1. The first-order valence-corrected chi connectivity index (χ1v) is 7.31. The number of ether oxygens (including phenoxy) is 1. The van der Waals surface area contributed by atoms with Crippen LogP contribution in [0.5, 0.6) is 0 Å². The summed E-state index contributed by atoms with van der Waals surface area (Å²) < 4.78 is 5.08. The molecule has 1 fully saturated rings. The molecule has 1 aliphatic rings. The number of carboxylic acid groups (broad SMARTS) is 1. The maximum absolute atomic E-state index is 11.6. The molecule has 0 unspecified atom stereocenters. The second-order valence-electron chi connectivity index (χ2n) is 5.54. The summed E-state index contributed by atoms with van der Waals surface area (Å²) in [6.07, 6.45) is 2.20. The van der Waals surface area contributed by atoms with Crippen LogP contribution in [0.1, 0.15) is 18.9 Å². The molecule has 0 spiro atoms.